The van der Waals surface area contributed by atoms with Gasteiger partial charge in [0, 0.05) is 25.0 Å². The summed E-state index contributed by atoms with van der Waals surface area (Å²) in [6, 6.07) is 10.2. The van der Waals surface area contributed by atoms with E-state index in [0.29, 0.717) is 13.0 Å². The molecule has 3 rings (SSSR count). The maximum absolute atomic E-state index is 9.16. The highest BCUT2D eigenvalue weighted by atomic mass is 16.5. The van der Waals surface area contributed by atoms with Crippen molar-refractivity contribution in [3.8, 4) is 11.5 Å². The van der Waals surface area contributed by atoms with E-state index >= 15 is 0 Å². The lowest BCUT2D eigenvalue weighted by atomic mass is 9.95. The highest BCUT2D eigenvalue weighted by Crippen LogP contribution is 2.43. The summed E-state index contributed by atoms with van der Waals surface area (Å²) >= 11 is 0. The molecule has 1 heterocycles. The molecular weight excluding hydrogens is 288 g/mol. The Morgan fingerprint density at radius 1 is 1.09 bits per heavy atom. The molecule has 0 aliphatic carbocycles. The fourth-order valence-corrected chi connectivity index (χ4v) is 3.25. The predicted molar refractivity (Wildman–Crippen MR) is 91.2 cm³/mol. The number of benzene rings is 2. The van der Waals surface area contributed by atoms with Gasteiger partial charge in [-0.3, -0.25) is 0 Å². The van der Waals surface area contributed by atoms with E-state index in [1.807, 2.05) is 18.2 Å². The van der Waals surface area contributed by atoms with Crippen LogP contribution in [0.25, 0.3) is 0 Å². The van der Waals surface area contributed by atoms with E-state index in [9.17, 15) is 0 Å². The Hall–Kier alpha value is -2.00. The second kappa shape index (κ2) is 6.63. The van der Waals surface area contributed by atoms with E-state index in [0.717, 1.165) is 29.0 Å². The minimum Gasteiger partial charge on any atom is -0.489 e. The van der Waals surface area contributed by atoms with E-state index in [1.54, 1.807) is 0 Å². The number of hydrogen-bond acceptors (Lipinski definition) is 3. The lowest BCUT2D eigenvalue weighted by Gasteiger charge is -2.18. The molecule has 0 amide bonds. The highest BCUT2D eigenvalue weighted by Gasteiger charge is 2.29. The Morgan fingerprint density at radius 3 is 2.52 bits per heavy atom. The third kappa shape index (κ3) is 3.06. The molecule has 0 aromatic heterocycles. The first-order valence-electron chi connectivity index (χ1n) is 8.18. The van der Waals surface area contributed by atoms with Crippen LogP contribution in [0, 0.1) is 20.8 Å². The Labute approximate surface area is 137 Å². The van der Waals surface area contributed by atoms with Gasteiger partial charge < -0.3 is 14.6 Å². The SMILES string of the molecule is Cc1c(C)c2c(c(C)c1OCc1ccccc1)CC(CCO)O2. The molecule has 1 aliphatic rings. The summed E-state index contributed by atoms with van der Waals surface area (Å²) in [5, 5.41) is 9.16. The number of ether oxygens (including phenoxy) is 2. The van der Waals surface area contributed by atoms with Gasteiger partial charge in [-0.05, 0) is 43.0 Å². The van der Waals surface area contributed by atoms with Crippen LogP contribution in [-0.2, 0) is 13.0 Å². The van der Waals surface area contributed by atoms with Gasteiger partial charge in [-0.15, -0.1) is 0 Å². The molecule has 0 saturated carbocycles. The molecule has 0 spiro atoms. The van der Waals surface area contributed by atoms with Gasteiger partial charge in [0.1, 0.15) is 24.2 Å². The van der Waals surface area contributed by atoms with Crippen molar-refractivity contribution in [1.82, 2.24) is 0 Å². The van der Waals surface area contributed by atoms with Crippen molar-refractivity contribution < 1.29 is 14.6 Å². The van der Waals surface area contributed by atoms with Gasteiger partial charge in [0.15, 0.2) is 0 Å². The maximum Gasteiger partial charge on any atom is 0.126 e. The molecule has 122 valence electrons. The predicted octanol–water partition coefficient (Wildman–Crippen LogP) is 3.88. The second-order valence-corrected chi connectivity index (χ2v) is 6.24. The van der Waals surface area contributed by atoms with Crippen LogP contribution in [0.2, 0.25) is 0 Å². The van der Waals surface area contributed by atoms with Crippen LogP contribution < -0.4 is 9.47 Å². The van der Waals surface area contributed by atoms with Gasteiger partial charge in [-0.2, -0.15) is 0 Å². The third-order valence-corrected chi connectivity index (χ3v) is 4.70. The van der Waals surface area contributed by atoms with Crippen molar-refractivity contribution in [3.63, 3.8) is 0 Å². The summed E-state index contributed by atoms with van der Waals surface area (Å²) < 4.78 is 12.2. The minimum absolute atomic E-state index is 0.0798. The molecule has 3 nitrogen and oxygen atoms in total. The fraction of sp³-hybridized carbons (Fsp3) is 0.400. The van der Waals surface area contributed by atoms with E-state index in [2.05, 4.69) is 32.9 Å². The van der Waals surface area contributed by atoms with Crippen LogP contribution in [0.15, 0.2) is 30.3 Å². The topological polar surface area (TPSA) is 38.7 Å². The van der Waals surface area contributed by atoms with Crippen molar-refractivity contribution in [3.05, 3.63) is 58.1 Å². The molecule has 1 atom stereocenters. The largest absolute Gasteiger partial charge is 0.489 e. The molecule has 2 aromatic rings. The van der Waals surface area contributed by atoms with E-state index in [4.69, 9.17) is 14.6 Å². The van der Waals surface area contributed by atoms with Gasteiger partial charge in [0.25, 0.3) is 0 Å². The summed E-state index contributed by atoms with van der Waals surface area (Å²) in [6.07, 6.45) is 1.60. The average molecular weight is 312 g/mol. The zero-order valence-corrected chi connectivity index (χ0v) is 14.1. The lowest BCUT2D eigenvalue weighted by molar-refractivity contribution is 0.174. The molecule has 23 heavy (non-hydrogen) atoms. The van der Waals surface area contributed by atoms with E-state index < -0.39 is 0 Å². The van der Waals surface area contributed by atoms with Crippen LogP contribution in [0.4, 0.5) is 0 Å². The summed E-state index contributed by atoms with van der Waals surface area (Å²) in [5.41, 5.74) is 5.85. The first-order chi connectivity index (χ1) is 11.1. The Balaban J connectivity index is 1.88. The number of aliphatic hydroxyl groups excluding tert-OH is 1. The molecule has 1 N–H and O–H groups in total. The molecule has 1 aliphatic heterocycles. The number of hydrogen-bond donors (Lipinski definition) is 1. The average Bonchev–Trinajstić information content (AvgIpc) is 2.98. The zero-order valence-electron chi connectivity index (χ0n) is 14.1. The molecule has 0 bridgehead atoms. The number of fused-ring (bicyclic) bond motifs is 1. The van der Waals surface area contributed by atoms with Crippen molar-refractivity contribution in [1.29, 1.82) is 0 Å². The Bertz CT molecular complexity index is 692. The second-order valence-electron chi connectivity index (χ2n) is 6.24. The zero-order chi connectivity index (χ0) is 16.4. The molecule has 0 saturated heterocycles. The number of aliphatic hydroxyl groups is 1. The summed E-state index contributed by atoms with van der Waals surface area (Å²) in [6.45, 7) is 7.01. The normalized spacial score (nSPS) is 16.1. The van der Waals surface area contributed by atoms with Gasteiger partial charge in [0.05, 0.1) is 0 Å². The van der Waals surface area contributed by atoms with Crippen LogP contribution in [0.1, 0.15) is 34.2 Å². The lowest BCUT2D eigenvalue weighted by Crippen LogP contribution is -2.14. The molecule has 0 radical (unpaired) electrons. The van der Waals surface area contributed by atoms with Crippen LogP contribution in [-0.4, -0.2) is 17.8 Å². The van der Waals surface area contributed by atoms with Gasteiger partial charge >= 0.3 is 0 Å². The maximum atomic E-state index is 9.16. The Kier molecular flexibility index (Phi) is 4.58. The fourth-order valence-electron chi connectivity index (χ4n) is 3.25. The standard InChI is InChI=1S/C20H24O3/c1-13-14(2)20-18(11-17(23-20)9-10-21)15(3)19(13)22-12-16-7-5-4-6-8-16/h4-8,17,21H,9-12H2,1-3H3. The minimum atomic E-state index is 0.0798. The van der Waals surface area contributed by atoms with Gasteiger partial charge in [-0.1, -0.05) is 30.3 Å². The molecule has 3 heteroatoms. The van der Waals surface area contributed by atoms with Crippen LogP contribution in [0.3, 0.4) is 0 Å². The third-order valence-electron chi connectivity index (χ3n) is 4.70. The number of rotatable bonds is 5. The van der Waals surface area contributed by atoms with Crippen molar-refractivity contribution >= 4 is 0 Å². The van der Waals surface area contributed by atoms with E-state index in [1.165, 1.54) is 16.7 Å². The van der Waals surface area contributed by atoms with Crippen molar-refractivity contribution in [2.45, 2.75) is 46.3 Å². The summed E-state index contributed by atoms with van der Waals surface area (Å²) in [7, 11) is 0. The van der Waals surface area contributed by atoms with Gasteiger partial charge in [-0.25, -0.2) is 0 Å². The molecule has 1 unspecified atom stereocenters. The van der Waals surface area contributed by atoms with Crippen molar-refractivity contribution in [2.24, 2.45) is 0 Å². The first kappa shape index (κ1) is 15.9. The van der Waals surface area contributed by atoms with Crippen LogP contribution in [0.5, 0.6) is 11.5 Å². The summed E-state index contributed by atoms with van der Waals surface area (Å²) in [4.78, 5) is 0. The smallest absolute Gasteiger partial charge is 0.126 e. The molecule has 0 fully saturated rings. The van der Waals surface area contributed by atoms with Gasteiger partial charge in [0.2, 0.25) is 0 Å². The van der Waals surface area contributed by atoms with Crippen molar-refractivity contribution in [2.75, 3.05) is 6.61 Å². The summed E-state index contributed by atoms with van der Waals surface area (Å²) in [5.74, 6) is 1.96. The van der Waals surface area contributed by atoms with E-state index in [-0.39, 0.29) is 12.7 Å². The Morgan fingerprint density at radius 2 is 1.83 bits per heavy atom. The monoisotopic (exact) mass is 312 g/mol. The molecule has 2 aromatic carbocycles. The molecular formula is C20H24O3. The van der Waals surface area contributed by atoms with Crippen LogP contribution >= 0.6 is 0 Å². The first-order valence-corrected chi connectivity index (χ1v) is 8.18. The quantitative estimate of drug-likeness (QED) is 0.910. The highest BCUT2D eigenvalue weighted by molar-refractivity contribution is 5.59.